The number of aromatic nitrogens is 4. The van der Waals surface area contributed by atoms with E-state index in [1.54, 1.807) is 30.3 Å². The van der Waals surface area contributed by atoms with Crippen LogP contribution in [0.4, 0.5) is 0 Å². The van der Waals surface area contributed by atoms with E-state index in [4.69, 9.17) is 18.5 Å². The molecular weight excluding hydrogens is 859 g/mol. The molecule has 6 aromatic rings. The standard InChI is InChI=1S/C25H25N5O3.C24H26N4O4S/c1-15(2)32-22-9-6-16(12-17(22)13-26)25-28-24(29-33-25)20-5-3-4-19-18(20)7-8-21(19)27-14-23(31)30-10-11-30;1-15(2)31-22-10-7-16(13-17(22)14-25)24-27-23(28-32-24)20-6-4-5-19-18(20)8-9-21(19)26-11-12-33(3,29)30/h3-6,9,12,15,21,27H,7-8,10-11,14H2,1-2H3;4-7,10,13,15,21,26H,8-9,11-12H2,1-3H3/t2*21-/m10/s1. The highest BCUT2D eigenvalue weighted by molar-refractivity contribution is 7.90. The fraction of sp³-hybridized carbons (Fsp3) is 0.367. The van der Waals surface area contributed by atoms with Crippen molar-refractivity contribution in [2.45, 2.75) is 77.7 Å². The molecule has 340 valence electrons. The maximum absolute atomic E-state index is 12.0. The van der Waals surface area contributed by atoms with E-state index >= 15 is 0 Å². The summed E-state index contributed by atoms with van der Waals surface area (Å²) in [7, 11) is -3.00. The maximum atomic E-state index is 12.0. The Morgan fingerprint density at radius 3 is 1.68 bits per heavy atom. The normalized spacial score (nSPS) is 16.0. The minimum Gasteiger partial charge on any atom is -0.490 e. The van der Waals surface area contributed by atoms with E-state index in [1.807, 2.05) is 62.9 Å². The molecule has 0 unspecified atom stereocenters. The summed E-state index contributed by atoms with van der Waals surface area (Å²) in [5.74, 6) is 3.01. The maximum Gasteiger partial charge on any atom is 0.258 e. The Morgan fingerprint density at radius 1 is 0.758 bits per heavy atom. The number of hydrogen-bond donors (Lipinski definition) is 2. The third-order valence-electron chi connectivity index (χ3n) is 11.5. The highest BCUT2D eigenvalue weighted by atomic mass is 32.2. The highest BCUT2D eigenvalue weighted by Gasteiger charge is 2.30. The van der Waals surface area contributed by atoms with Gasteiger partial charge in [-0.2, -0.15) is 20.5 Å². The van der Waals surface area contributed by atoms with Crippen molar-refractivity contribution >= 4 is 15.7 Å². The van der Waals surface area contributed by atoms with Crippen LogP contribution in [0.15, 0.2) is 81.8 Å². The van der Waals surface area contributed by atoms with E-state index in [2.05, 4.69) is 55.2 Å². The molecule has 2 N–H and O–H groups in total. The first-order chi connectivity index (χ1) is 31.8. The van der Waals surface area contributed by atoms with Crippen molar-refractivity contribution in [3.8, 4) is 69.3 Å². The Bertz CT molecular complexity index is 2940. The lowest BCUT2D eigenvalue weighted by molar-refractivity contribution is -0.124. The number of nitriles is 2. The summed E-state index contributed by atoms with van der Waals surface area (Å²) in [4.78, 5) is 23.1. The quantitative estimate of drug-likeness (QED) is 0.0976. The monoisotopic (exact) mass is 909 g/mol. The van der Waals surface area contributed by atoms with Gasteiger partial charge in [-0.05, 0) is 112 Å². The lowest BCUT2D eigenvalue weighted by atomic mass is 10.0. The smallest absolute Gasteiger partial charge is 0.258 e. The minimum absolute atomic E-state index is 0.0271. The van der Waals surface area contributed by atoms with Gasteiger partial charge in [-0.25, -0.2) is 8.42 Å². The number of carbonyl (C=O) groups excluding carboxylic acids is 1. The summed E-state index contributed by atoms with van der Waals surface area (Å²) >= 11 is 0. The van der Waals surface area contributed by atoms with Crippen molar-refractivity contribution in [1.82, 2.24) is 35.8 Å². The highest BCUT2D eigenvalue weighted by Crippen LogP contribution is 2.39. The van der Waals surface area contributed by atoms with Crippen LogP contribution in [0, 0.1) is 22.7 Å². The molecule has 0 spiro atoms. The number of nitrogens with zero attached hydrogens (tertiary/aromatic N) is 7. The number of rotatable bonds is 15. The van der Waals surface area contributed by atoms with Crippen LogP contribution in [0.1, 0.15) is 86.0 Å². The minimum atomic E-state index is -3.00. The molecule has 0 radical (unpaired) electrons. The largest absolute Gasteiger partial charge is 0.490 e. The van der Waals surface area contributed by atoms with Crippen LogP contribution in [-0.4, -0.2) is 89.9 Å². The van der Waals surface area contributed by atoms with Gasteiger partial charge < -0.3 is 34.1 Å². The molecule has 3 heterocycles. The van der Waals surface area contributed by atoms with E-state index in [1.165, 1.54) is 17.4 Å². The summed E-state index contributed by atoms with van der Waals surface area (Å²) in [5, 5.41) is 34.1. The fourth-order valence-corrected chi connectivity index (χ4v) is 8.80. The van der Waals surface area contributed by atoms with Crippen LogP contribution >= 0.6 is 0 Å². The van der Waals surface area contributed by atoms with Crippen molar-refractivity contribution in [2.24, 2.45) is 0 Å². The molecule has 1 fully saturated rings. The van der Waals surface area contributed by atoms with E-state index in [-0.39, 0.29) is 36.0 Å². The van der Waals surface area contributed by atoms with Crippen LogP contribution in [0.3, 0.4) is 0 Å². The van der Waals surface area contributed by atoms with Crippen LogP contribution in [0.2, 0.25) is 0 Å². The van der Waals surface area contributed by atoms with Crippen molar-refractivity contribution in [3.05, 3.63) is 106 Å². The van der Waals surface area contributed by atoms with Gasteiger partial charge in [0, 0.05) is 60.2 Å². The first kappa shape index (κ1) is 45.6. The molecule has 3 aliphatic rings. The summed E-state index contributed by atoms with van der Waals surface area (Å²) in [6.07, 6.45) is 4.70. The van der Waals surface area contributed by atoms with Crippen molar-refractivity contribution < 1.29 is 31.7 Å². The second kappa shape index (κ2) is 19.7. The summed E-state index contributed by atoms with van der Waals surface area (Å²) in [6.45, 7) is 10.2. The van der Waals surface area contributed by atoms with Crippen LogP contribution in [-0.2, 0) is 27.5 Å². The van der Waals surface area contributed by atoms with Gasteiger partial charge in [0.25, 0.3) is 11.8 Å². The van der Waals surface area contributed by atoms with Crippen LogP contribution in [0.5, 0.6) is 11.5 Å². The Morgan fingerprint density at radius 2 is 1.24 bits per heavy atom. The molecule has 16 nitrogen and oxygen atoms in total. The molecule has 0 saturated carbocycles. The first-order valence-electron chi connectivity index (χ1n) is 22.0. The topological polar surface area (TPSA) is 222 Å². The molecule has 2 aliphatic carbocycles. The summed E-state index contributed by atoms with van der Waals surface area (Å²) < 4.78 is 45.3. The Labute approximate surface area is 383 Å². The predicted octanol–water partition coefficient (Wildman–Crippen LogP) is 7.17. The van der Waals surface area contributed by atoms with Gasteiger partial charge in [-0.15, -0.1) is 0 Å². The Balaban J connectivity index is 0.000000179. The van der Waals surface area contributed by atoms with Crippen LogP contribution < -0.4 is 20.1 Å². The molecule has 2 atom stereocenters. The van der Waals surface area contributed by atoms with Gasteiger partial charge in [-0.3, -0.25) is 4.79 Å². The number of fused-ring (bicyclic) bond motifs is 2. The average Bonchev–Trinajstić information content (AvgIpc) is 3.64. The molecule has 66 heavy (non-hydrogen) atoms. The van der Waals surface area contributed by atoms with Gasteiger partial charge in [0.05, 0.1) is 35.6 Å². The molecule has 1 aliphatic heterocycles. The number of amides is 1. The van der Waals surface area contributed by atoms with Crippen molar-refractivity contribution in [2.75, 3.05) is 38.2 Å². The molecule has 0 bridgehead atoms. The SMILES string of the molecule is CC(C)Oc1ccc(-c2nc(-c3cccc4c3CC[C@@H]4NCCS(C)(=O)=O)no2)cc1C#N.CC(C)Oc1ccc(-c2nc(-c3cccc4c3CC[C@H]4NCC(=O)N3CC3)no2)cc1C#N. The molecule has 1 amide bonds. The van der Waals surface area contributed by atoms with Crippen LogP contribution in [0.25, 0.3) is 45.7 Å². The van der Waals surface area contributed by atoms with E-state index < -0.39 is 9.84 Å². The molecule has 4 aromatic carbocycles. The third kappa shape index (κ3) is 10.6. The Hall–Kier alpha value is -6.92. The number of benzene rings is 4. The number of nitrogens with one attached hydrogen (secondary N) is 2. The second-order valence-corrected chi connectivity index (χ2v) is 19.4. The number of carbonyl (C=O) groups is 1. The lowest BCUT2D eigenvalue weighted by Gasteiger charge is -2.14. The van der Waals surface area contributed by atoms with Gasteiger partial charge in [-0.1, -0.05) is 46.7 Å². The fourth-order valence-electron chi connectivity index (χ4n) is 8.31. The summed E-state index contributed by atoms with van der Waals surface area (Å²) in [5.41, 5.74) is 8.61. The number of sulfone groups is 1. The van der Waals surface area contributed by atoms with E-state index in [0.29, 0.717) is 70.3 Å². The van der Waals surface area contributed by atoms with Crippen molar-refractivity contribution in [3.63, 3.8) is 0 Å². The predicted molar refractivity (Wildman–Crippen MR) is 246 cm³/mol. The first-order valence-corrected chi connectivity index (χ1v) is 24.1. The van der Waals surface area contributed by atoms with Gasteiger partial charge in [0.15, 0.2) is 0 Å². The molecule has 9 rings (SSSR count). The summed E-state index contributed by atoms with van der Waals surface area (Å²) in [6, 6.07) is 27.1. The van der Waals surface area contributed by atoms with E-state index in [0.717, 1.165) is 61.0 Å². The second-order valence-electron chi connectivity index (χ2n) is 17.1. The van der Waals surface area contributed by atoms with Gasteiger partial charge >= 0.3 is 0 Å². The average molecular weight is 910 g/mol. The molecule has 17 heteroatoms. The zero-order valence-electron chi connectivity index (χ0n) is 37.5. The van der Waals surface area contributed by atoms with E-state index in [9.17, 15) is 23.7 Å². The van der Waals surface area contributed by atoms with Gasteiger partial charge in [0.2, 0.25) is 17.6 Å². The Kier molecular flexibility index (Phi) is 13.6. The third-order valence-corrected chi connectivity index (χ3v) is 12.4. The number of ether oxygens (including phenoxy) is 2. The molecular formula is C49H51N9O7S. The number of hydrogen-bond acceptors (Lipinski definition) is 15. The van der Waals surface area contributed by atoms with Crippen molar-refractivity contribution in [1.29, 1.82) is 10.5 Å². The zero-order chi connectivity index (χ0) is 46.5. The molecule has 1 saturated heterocycles. The van der Waals surface area contributed by atoms with Gasteiger partial charge in [0.1, 0.15) is 33.5 Å². The zero-order valence-corrected chi connectivity index (χ0v) is 38.3. The molecule has 2 aromatic heterocycles. The lowest BCUT2D eigenvalue weighted by Crippen LogP contribution is -2.30.